The minimum absolute atomic E-state index is 0.474. The lowest BCUT2D eigenvalue weighted by molar-refractivity contribution is 0.305. The van der Waals surface area contributed by atoms with Crippen LogP contribution in [-0.4, -0.2) is 6.04 Å². The van der Waals surface area contributed by atoms with Gasteiger partial charge in [-0.2, -0.15) is 0 Å². The Morgan fingerprint density at radius 3 is 2.37 bits per heavy atom. The van der Waals surface area contributed by atoms with Crippen LogP contribution in [0, 0.1) is 6.92 Å². The van der Waals surface area contributed by atoms with Crippen molar-refractivity contribution in [3.05, 3.63) is 101 Å². The summed E-state index contributed by atoms with van der Waals surface area (Å²) in [6.45, 7) is 5.82. The van der Waals surface area contributed by atoms with Crippen molar-refractivity contribution in [2.75, 3.05) is 0 Å². The van der Waals surface area contributed by atoms with E-state index in [4.69, 9.17) is 4.74 Å². The molecule has 0 spiro atoms. The molecule has 0 heterocycles. The van der Waals surface area contributed by atoms with Gasteiger partial charge >= 0.3 is 0 Å². The van der Waals surface area contributed by atoms with Crippen molar-refractivity contribution >= 4 is 0 Å². The lowest BCUT2D eigenvalue weighted by Crippen LogP contribution is -2.25. The normalized spacial score (nSPS) is 11.9. The summed E-state index contributed by atoms with van der Waals surface area (Å²) in [6.07, 6.45) is 2.24. The summed E-state index contributed by atoms with van der Waals surface area (Å²) in [5.41, 5.74) is 5.12. The molecule has 0 amide bonds. The third-order valence-corrected chi connectivity index (χ3v) is 4.75. The maximum atomic E-state index is 5.97. The highest BCUT2D eigenvalue weighted by Crippen LogP contribution is 2.16. The van der Waals surface area contributed by atoms with Crippen molar-refractivity contribution in [3.8, 4) is 5.75 Å². The lowest BCUT2D eigenvalue weighted by atomic mass is 10.1. The van der Waals surface area contributed by atoms with E-state index in [0.29, 0.717) is 12.6 Å². The van der Waals surface area contributed by atoms with Gasteiger partial charge in [-0.05, 0) is 55.5 Å². The standard InChI is InChI=1S/C25H29NO/c1-20-8-6-12-24(16-20)19-27-25-13-7-11-23(17-25)18-26-21(2)14-15-22-9-4-3-5-10-22/h3-13,16-17,21,26H,14-15,18-19H2,1-2H3/t21-/m0/s1. The summed E-state index contributed by atoms with van der Waals surface area (Å²) in [5, 5.41) is 3.62. The molecule has 27 heavy (non-hydrogen) atoms. The average Bonchev–Trinajstić information content (AvgIpc) is 2.70. The second-order valence-electron chi connectivity index (χ2n) is 7.23. The van der Waals surface area contributed by atoms with Gasteiger partial charge in [0.25, 0.3) is 0 Å². The van der Waals surface area contributed by atoms with Gasteiger partial charge in [-0.25, -0.2) is 0 Å². The van der Waals surface area contributed by atoms with E-state index >= 15 is 0 Å². The molecule has 0 unspecified atom stereocenters. The molecule has 0 saturated heterocycles. The molecule has 0 aliphatic carbocycles. The van der Waals surface area contributed by atoms with Crippen LogP contribution in [0.5, 0.6) is 5.75 Å². The minimum Gasteiger partial charge on any atom is -0.489 e. The second-order valence-corrected chi connectivity index (χ2v) is 7.23. The molecule has 0 aliphatic heterocycles. The smallest absolute Gasteiger partial charge is 0.120 e. The van der Waals surface area contributed by atoms with Crippen LogP contribution in [0.25, 0.3) is 0 Å². The zero-order valence-electron chi connectivity index (χ0n) is 16.3. The Kier molecular flexibility index (Phi) is 7.06. The highest BCUT2D eigenvalue weighted by molar-refractivity contribution is 5.29. The van der Waals surface area contributed by atoms with E-state index in [2.05, 4.69) is 92.0 Å². The summed E-state index contributed by atoms with van der Waals surface area (Å²) < 4.78 is 5.97. The molecular formula is C25H29NO. The fourth-order valence-electron chi connectivity index (χ4n) is 3.14. The number of benzene rings is 3. The van der Waals surface area contributed by atoms with Crippen LogP contribution in [0.2, 0.25) is 0 Å². The topological polar surface area (TPSA) is 21.3 Å². The Hall–Kier alpha value is -2.58. The van der Waals surface area contributed by atoms with Crippen LogP contribution < -0.4 is 10.1 Å². The molecule has 3 rings (SSSR count). The quantitative estimate of drug-likeness (QED) is 0.530. The molecule has 0 bridgehead atoms. The van der Waals surface area contributed by atoms with Crippen molar-refractivity contribution in [2.24, 2.45) is 0 Å². The third-order valence-electron chi connectivity index (χ3n) is 4.75. The zero-order chi connectivity index (χ0) is 18.9. The molecule has 1 atom stereocenters. The molecule has 0 fully saturated rings. The van der Waals surface area contributed by atoms with E-state index < -0.39 is 0 Å². The summed E-state index contributed by atoms with van der Waals surface area (Å²) in [4.78, 5) is 0. The predicted molar refractivity (Wildman–Crippen MR) is 113 cm³/mol. The van der Waals surface area contributed by atoms with E-state index in [1.165, 1.54) is 22.3 Å². The van der Waals surface area contributed by atoms with Crippen LogP contribution in [0.15, 0.2) is 78.9 Å². The Labute approximate surface area is 163 Å². The SMILES string of the molecule is Cc1cccc(COc2cccc(CN[C@@H](C)CCc3ccccc3)c2)c1. The number of nitrogens with one attached hydrogen (secondary N) is 1. The second kappa shape index (κ2) is 9.94. The monoisotopic (exact) mass is 359 g/mol. The van der Waals surface area contributed by atoms with Gasteiger partial charge in [0, 0.05) is 12.6 Å². The number of ether oxygens (including phenoxy) is 1. The van der Waals surface area contributed by atoms with Crippen LogP contribution in [0.1, 0.15) is 35.6 Å². The fraction of sp³-hybridized carbons (Fsp3) is 0.280. The minimum atomic E-state index is 0.474. The highest BCUT2D eigenvalue weighted by atomic mass is 16.5. The predicted octanol–water partition coefficient (Wildman–Crippen LogP) is 5.68. The molecule has 0 aliphatic rings. The van der Waals surface area contributed by atoms with Crippen molar-refractivity contribution in [1.29, 1.82) is 0 Å². The Bertz CT molecular complexity index is 828. The largest absolute Gasteiger partial charge is 0.489 e. The number of hydrogen-bond donors (Lipinski definition) is 1. The zero-order valence-corrected chi connectivity index (χ0v) is 16.3. The molecule has 2 heteroatoms. The van der Waals surface area contributed by atoms with Crippen LogP contribution in [0.3, 0.4) is 0 Å². The van der Waals surface area contributed by atoms with Crippen molar-refractivity contribution in [1.82, 2.24) is 5.32 Å². The molecule has 0 radical (unpaired) electrons. The first-order chi connectivity index (χ1) is 13.2. The van der Waals surface area contributed by atoms with E-state index in [1.807, 2.05) is 6.07 Å². The van der Waals surface area contributed by atoms with E-state index in [1.54, 1.807) is 0 Å². The number of hydrogen-bond acceptors (Lipinski definition) is 2. The highest BCUT2D eigenvalue weighted by Gasteiger charge is 2.04. The summed E-state index contributed by atoms with van der Waals surface area (Å²) in [5.74, 6) is 0.924. The Balaban J connectivity index is 1.45. The summed E-state index contributed by atoms with van der Waals surface area (Å²) in [6, 6.07) is 28.0. The van der Waals surface area contributed by atoms with E-state index in [0.717, 1.165) is 25.1 Å². The van der Waals surface area contributed by atoms with E-state index in [9.17, 15) is 0 Å². The van der Waals surface area contributed by atoms with Gasteiger partial charge in [-0.15, -0.1) is 0 Å². The fourth-order valence-corrected chi connectivity index (χ4v) is 3.14. The first kappa shape index (κ1) is 19.2. The molecule has 2 nitrogen and oxygen atoms in total. The maximum absolute atomic E-state index is 5.97. The lowest BCUT2D eigenvalue weighted by Gasteiger charge is -2.14. The molecular weight excluding hydrogens is 330 g/mol. The summed E-state index contributed by atoms with van der Waals surface area (Å²) >= 11 is 0. The van der Waals surface area contributed by atoms with Crippen molar-refractivity contribution in [2.45, 2.75) is 45.9 Å². The maximum Gasteiger partial charge on any atom is 0.120 e. The van der Waals surface area contributed by atoms with Gasteiger partial charge in [0.05, 0.1) is 0 Å². The molecule has 0 aromatic heterocycles. The van der Waals surface area contributed by atoms with Gasteiger partial charge in [-0.3, -0.25) is 0 Å². The van der Waals surface area contributed by atoms with Gasteiger partial charge in [0.15, 0.2) is 0 Å². The van der Waals surface area contributed by atoms with Crippen LogP contribution in [-0.2, 0) is 19.6 Å². The molecule has 3 aromatic carbocycles. The average molecular weight is 360 g/mol. The Morgan fingerprint density at radius 1 is 0.815 bits per heavy atom. The van der Waals surface area contributed by atoms with Gasteiger partial charge in [0.2, 0.25) is 0 Å². The van der Waals surface area contributed by atoms with Crippen LogP contribution in [0.4, 0.5) is 0 Å². The van der Waals surface area contributed by atoms with Gasteiger partial charge in [-0.1, -0.05) is 72.3 Å². The number of rotatable bonds is 9. The first-order valence-electron chi connectivity index (χ1n) is 9.73. The van der Waals surface area contributed by atoms with Gasteiger partial charge < -0.3 is 10.1 Å². The van der Waals surface area contributed by atoms with Crippen LogP contribution >= 0.6 is 0 Å². The summed E-state index contributed by atoms with van der Waals surface area (Å²) in [7, 11) is 0. The third kappa shape index (κ3) is 6.58. The molecule has 140 valence electrons. The Morgan fingerprint density at radius 2 is 1.56 bits per heavy atom. The molecule has 3 aromatic rings. The number of aryl methyl sites for hydroxylation is 2. The van der Waals surface area contributed by atoms with E-state index in [-0.39, 0.29) is 0 Å². The first-order valence-corrected chi connectivity index (χ1v) is 9.73. The van der Waals surface area contributed by atoms with Gasteiger partial charge in [0.1, 0.15) is 12.4 Å². The van der Waals surface area contributed by atoms with Crippen molar-refractivity contribution < 1.29 is 4.74 Å². The molecule has 0 saturated carbocycles. The van der Waals surface area contributed by atoms with Crippen molar-refractivity contribution in [3.63, 3.8) is 0 Å². The molecule has 1 N–H and O–H groups in total.